The number of hydrogen-bond acceptors (Lipinski definition) is 4. The summed E-state index contributed by atoms with van der Waals surface area (Å²) in [7, 11) is 3.78. The van der Waals surface area contributed by atoms with Crippen LogP contribution in [0.3, 0.4) is 0 Å². The van der Waals surface area contributed by atoms with Gasteiger partial charge in [-0.15, -0.1) is 11.8 Å². The van der Waals surface area contributed by atoms with E-state index in [2.05, 4.69) is 15.4 Å². The minimum absolute atomic E-state index is 0.166. The van der Waals surface area contributed by atoms with Gasteiger partial charge in [-0.2, -0.15) is 5.10 Å². The molecule has 1 aromatic carbocycles. The third kappa shape index (κ3) is 3.78. The van der Waals surface area contributed by atoms with Crippen molar-refractivity contribution in [1.82, 2.24) is 20.1 Å². The van der Waals surface area contributed by atoms with E-state index in [0.29, 0.717) is 4.90 Å². The summed E-state index contributed by atoms with van der Waals surface area (Å²) >= 11 is 1.51. The lowest BCUT2D eigenvalue weighted by Crippen LogP contribution is -2.31. The first-order valence-electron chi connectivity index (χ1n) is 6.08. The fourth-order valence-electron chi connectivity index (χ4n) is 1.72. The normalized spacial score (nSPS) is 12.6. The van der Waals surface area contributed by atoms with E-state index in [0.717, 1.165) is 18.0 Å². The Balaban J connectivity index is 1.93. The van der Waals surface area contributed by atoms with Crippen LogP contribution in [0.1, 0.15) is 5.82 Å². The Bertz CT molecular complexity index is 529. The van der Waals surface area contributed by atoms with Gasteiger partial charge in [-0.25, -0.2) is 9.37 Å². The van der Waals surface area contributed by atoms with Crippen molar-refractivity contribution in [2.75, 3.05) is 12.8 Å². The first kappa shape index (κ1) is 14.0. The van der Waals surface area contributed by atoms with Gasteiger partial charge in [-0.3, -0.25) is 4.68 Å². The van der Waals surface area contributed by atoms with Crippen molar-refractivity contribution >= 4 is 11.8 Å². The molecule has 1 atom stereocenters. The summed E-state index contributed by atoms with van der Waals surface area (Å²) in [6, 6.07) is 7.07. The van der Waals surface area contributed by atoms with Crippen LogP contribution in [-0.4, -0.2) is 33.6 Å². The molecular formula is C13H17FN4S. The second kappa shape index (κ2) is 6.68. The molecule has 102 valence electrons. The average Bonchev–Trinajstić information content (AvgIpc) is 2.81. The maximum atomic E-state index is 13.5. The summed E-state index contributed by atoms with van der Waals surface area (Å²) in [6.45, 7) is 0. The van der Waals surface area contributed by atoms with Crippen LogP contribution < -0.4 is 5.32 Å². The van der Waals surface area contributed by atoms with E-state index in [4.69, 9.17) is 0 Å². The molecule has 1 N–H and O–H groups in total. The molecule has 0 spiro atoms. The topological polar surface area (TPSA) is 42.7 Å². The largest absolute Gasteiger partial charge is 0.316 e. The molecule has 2 rings (SSSR count). The van der Waals surface area contributed by atoms with E-state index in [1.165, 1.54) is 17.8 Å². The molecule has 19 heavy (non-hydrogen) atoms. The lowest BCUT2D eigenvalue weighted by Gasteiger charge is -2.15. The zero-order chi connectivity index (χ0) is 13.7. The van der Waals surface area contributed by atoms with Gasteiger partial charge in [0.05, 0.1) is 0 Å². The van der Waals surface area contributed by atoms with Crippen molar-refractivity contribution < 1.29 is 4.39 Å². The van der Waals surface area contributed by atoms with Crippen LogP contribution in [0, 0.1) is 5.82 Å². The molecule has 0 aliphatic rings. The maximum Gasteiger partial charge on any atom is 0.138 e. The molecule has 0 saturated heterocycles. The molecule has 0 aliphatic heterocycles. The van der Waals surface area contributed by atoms with Crippen LogP contribution in [0.5, 0.6) is 0 Å². The Labute approximate surface area is 116 Å². The molecule has 6 heteroatoms. The Hall–Kier alpha value is -1.40. The smallest absolute Gasteiger partial charge is 0.138 e. The number of nitrogens with zero attached hydrogens (tertiary/aromatic N) is 3. The van der Waals surface area contributed by atoms with Crippen LogP contribution in [0.4, 0.5) is 4.39 Å². The van der Waals surface area contributed by atoms with E-state index >= 15 is 0 Å². The van der Waals surface area contributed by atoms with Crippen LogP contribution in [0.15, 0.2) is 35.5 Å². The average molecular weight is 280 g/mol. The van der Waals surface area contributed by atoms with E-state index in [-0.39, 0.29) is 11.9 Å². The van der Waals surface area contributed by atoms with E-state index in [1.807, 2.05) is 20.2 Å². The van der Waals surface area contributed by atoms with Crippen molar-refractivity contribution in [2.45, 2.75) is 17.4 Å². The summed E-state index contributed by atoms with van der Waals surface area (Å²) < 4.78 is 15.3. The molecule has 0 bridgehead atoms. The molecule has 1 heterocycles. The summed E-state index contributed by atoms with van der Waals surface area (Å²) in [5, 5.41) is 7.28. The minimum Gasteiger partial charge on any atom is -0.316 e. The van der Waals surface area contributed by atoms with Gasteiger partial charge in [-0.05, 0) is 19.2 Å². The van der Waals surface area contributed by atoms with Crippen molar-refractivity contribution in [1.29, 1.82) is 0 Å². The van der Waals surface area contributed by atoms with Gasteiger partial charge >= 0.3 is 0 Å². The predicted molar refractivity (Wildman–Crippen MR) is 74.7 cm³/mol. The zero-order valence-electron chi connectivity index (χ0n) is 11.0. The van der Waals surface area contributed by atoms with Crippen molar-refractivity contribution in [3.8, 4) is 0 Å². The van der Waals surface area contributed by atoms with Gasteiger partial charge in [0.2, 0.25) is 0 Å². The highest BCUT2D eigenvalue weighted by molar-refractivity contribution is 7.99. The number of aryl methyl sites for hydroxylation is 1. The van der Waals surface area contributed by atoms with E-state index < -0.39 is 0 Å². The van der Waals surface area contributed by atoms with Gasteiger partial charge in [0.25, 0.3) is 0 Å². The summed E-state index contributed by atoms with van der Waals surface area (Å²) in [4.78, 5) is 4.89. The molecule has 1 unspecified atom stereocenters. The number of aromatic nitrogens is 3. The monoisotopic (exact) mass is 280 g/mol. The molecule has 0 amide bonds. The van der Waals surface area contributed by atoms with Crippen molar-refractivity contribution in [3.63, 3.8) is 0 Å². The number of benzene rings is 1. The molecular weight excluding hydrogens is 263 g/mol. The van der Waals surface area contributed by atoms with Crippen LogP contribution in [0.25, 0.3) is 0 Å². The third-order valence-electron chi connectivity index (χ3n) is 2.92. The van der Waals surface area contributed by atoms with E-state index in [9.17, 15) is 4.39 Å². The lowest BCUT2D eigenvalue weighted by molar-refractivity contribution is 0.571. The highest BCUT2D eigenvalue weighted by Crippen LogP contribution is 2.22. The zero-order valence-corrected chi connectivity index (χ0v) is 11.8. The second-order valence-electron chi connectivity index (χ2n) is 4.23. The standard InChI is InChI=1S/C13H17FN4S/c1-15-10(7-13-16-9-17-18(13)2)8-19-12-6-4-3-5-11(12)14/h3-6,9-10,15H,7-8H2,1-2H3. The third-order valence-corrected chi connectivity index (χ3v) is 4.13. The fourth-order valence-corrected chi connectivity index (χ4v) is 2.77. The summed E-state index contributed by atoms with van der Waals surface area (Å²) in [5.74, 6) is 1.54. The maximum absolute atomic E-state index is 13.5. The fraction of sp³-hybridized carbons (Fsp3) is 0.385. The highest BCUT2D eigenvalue weighted by Gasteiger charge is 2.12. The van der Waals surface area contributed by atoms with Gasteiger partial charge in [-0.1, -0.05) is 12.1 Å². The number of nitrogens with one attached hydrogen (secondary N) is 1. The quantitative estimate of drug-likeness (QED) is 0.820. The van der Waals surface area contributed by atoms with Gasteiger partial charge in [0.15, 0.2) is 0 Å². The molecule has 0 fully saturated rings. The predicted octanol–water partition coefficient (Wildman–Crippen LogP) is 1.88. The van der Waals surface area contributed by atoms with Crippen LogP contribution in [0.2, 0.25) is 0 Å². The molecule has 0 aliphatic carbocycles. The summed E-state index contributed by atoms with van der Waals surface area (Å²) in [5.41, 5.74) is 0. The Kier molecular flexibility index (Phi) is 4.93. The van der Waals surface area contributed by atoms with Gasteiger partial charge < -0.3 is 5.32 Å². The molecule has 2 aromatic rings. The van der Waals surface area contributed by atoms with Crippen LogP contribution >= 0.6 is 11.8 Å². The molecule has 0 saturated carbocycles. The van der Waals surface area contributed by atoms with Gasteiger partial charge in [0.1, 0.15) is 18.0 Å². The van der Waals surface area contributed by atoms with Crippen molar-refractivity contribution in [2.24, 2.45) is 7.05 Å². The number of rotatable bonds is 6. The van der Waals surface area contributed by atoms with Crippen molar-refractivity contribution in [3.05, 3.63) is 42.2 Å². The van der Waals surface area contributed by atoms with Gasteiger partial charge in [0, 0.05) is 30.2 Å². The number of halogens is 1. The van der Waals surface area contributed by atoms with E-state index in [1.54, 1.807) is 23.1 Å². The molecule has 0 radical (unpaired) electrons. The lowest BCUT2D eigenvalue weighted by atomic mass is 10.2. The Morgan fingerprint density at radius 1 is 1.42 bits per heavy atom. The number of likely N-dealkylation sites (N-methyl/N-ethyl adjacent to an activating group) is 1. The number of thioether (sulfide) groups is 1. The molecule has 1 aromatic heterocycles. The molecule has 4 nitrogen and oxygen atoms in total. The highest BCUT2D eigenvalue weighted by atomic mass is 32.2. The number of hydrogen-bond donors (Lipinski definition) is 1. The summed E-state index contributed by atoms with van der Waals surface area (Å²) in [6.07, 6.45) is 2.32. The first-order chi connectivity index (χ1) is 9.20. The Morgan fingerprint density at radius 2 is 2.21 bits per heavy atom. The second-order valence-corrected chi connectivity index (χ2v) is 5.29. The SMILES string of the molecule is CNC(CSc1ccccc1F)Cc1ncnn1C. The van der Waals surface area contributed by atoms with Crippen LogP contribution in [-0.2, 0) is 13.5 Å². The first-order valence-corrected chi connectivity index (χ1v) is 7.06. The minimum atomic E-state index is -0.166. The Morgan fingerprint density at radius 3 is 2.84 bits per heavy atom.